The Kier molecular flexibility index (Phi) is 4.94. The molecule has 0 saturated carbocycles. The van der Waals surface area contributed by atoms with Crippen molar-refractivity contribution in [2.45, 2.75) is 13.0 Å². The molecule has 5 heteroatoms. The number of carbonyl (C=O) groups excluding carboxylic acids is 1. The Morgan fingerprint density at radius 2 is 1.85 bits per heavy atom. The van der Waals surface area contributed by atoms with Crippen LogP contribution in [0.3, 0.4) is 0 Å². The molecule has 1 amide bonds. The average Bonchev–Trinajstić information content (AvgIpc) is 2.46. The average molecular weight is 398 g/mol. The van der Waals surface area contributed by atoms with Crippen molar-refractivity contribution in [3.8, 4) is 0 Å². The highest BCUT2D eigenvalue weighted by Crippen LogP contribution is 2.26. The summed E-state index contributed by atoms with van der Waals surface area (Å²) in [6, 6.07) is 9.38. The van der Waals surface area contributed by atoms with E-state index in [9.17, 15) is 4.79 Å². The predicted octanol–water partition coefficient (Wildman–Crippen LogP) is 4.44. The number of pyridine rings is 1. The minimum Gasteiger partial charge on any atom is -0.335 e. The molecule has 1 unspecified atom stereocenters. The van der Waals surface area contributed by atoms with Crippen molar-refractivity contribution in [3.05, 3.63) is 62.8 Å². The zero-order valence-electron chi connectivity index (χ0n) is 11.2. The van der Waals surface area contributed by atoms with Gasteiger partial charge in [-0.15, -0.1) is 0 Å². The highest BCUT2D eigenvalue weighted by atomic mass is 79.9. The van der Waals surface area contributed by atoms with E-state index in [2.05, 4.69) is 36.8 Å². The molecule has 0 spiro atoms. The molecule has 104 valence electrons. The van der Waals surface area contributed by atoms with Crippen LogP contribution in [-0.2, 0) is 0 Å². The van der Waals surface area contributed by atoms with Crippen LogP contribution in [0.1, 0.15) is 28.9 Å². The van der Waals surface area contributed by atoms with E-state index in [1.165, 1.54) is 0 Å². The van der Waals surface area contributed by atoms with E-state index in [0.29, 0.717) is 5.56 Å². The Hall–Kier alpha value is -1.20. The molecule has 1 heterocycles. The summed E-state index contributed by atoms with van der Waals surface area (Å²) >= 11 is 6.82. The molecule has 2 aromatic rings. The second kappa shape index (κ2) is 6.50. The Morgan fingerprint density at radius 3 is 2.45 bits per heavy atom. The summed E-state index contributed by atoms with van der Waals surface area (Å²) in [5.41, 5.74) is 1.71. The molecule has 1 aromatic heterocycles. The van der Waals surface area contributed by atoms with Crippen molar-refractivity contribution in [1.29, 1.82) is 0 Å². The highest BCUT2D eigenvalue weighted by Gasteiger charge is 2.20. The van der Waals surface area contributed by atoms with Crippen molar-refractivity contribution in [1.82, 2.24) is 9.88 Å². The number of benzene rings is 1. The Morgan fingerprint density at radius 1 is 1.20 bits per heavy atom. The van der Waals surface area contributed by atoms with Crippen molar-refractivity contribution in [3.63, 3.8) is 0 Å². The topological polar surface area (TPSA) is 33.2 Å². The second-order valence-corrected chi connectivity index (χ2v) is 6.27. The second-order valence-electron chi connectivity index (χ2n) is 4.50. The summed E-state index contributed by atoms with van der Waals surface area (Å²) in [6.07, 6.45) is 3.47. The maximum absolute atomic E-state index is 12.6. The fourth-order valence-electron chi connectivity index (χ4n) is 1.89. The summed E-state index contributed by atoms with van der Waals surface area (Å²) in [6.45, 7) is 2.00. The lowest BCUT2D eigenvalue weighted by atomic mass is 10.1. The molecule has 1 atom stereocenters. The van der Waals surface area contributed by atoms with Crippen LogP contribution in [0.25, 0.3) is 0 Å². The first-order chi connectivity index (χ1) is 9.50. The van der Waals surface area contributed by atoms with Crippen molar-refractivity contribution in [2.24, 2.45) is 0 Å². The Labute approximate surface area is 135 Å². The molecule has 20 heavy (non-hydrogen) atoms. The molecule has 0 aliphatic carbocycles. The first kappa shape index (κ1) is 15.2. The monoisotopic (exact) mass is 396 g/mol. The number of nitrogens with zero attached hydrogens (tertiary/aromatic N) is 2. The van der Waals surface area contributed by atoms with Crippen molar-refractivity contribution >= 4 is 37.8 Å². The third-order valence-corrected chi connectivity index (χ3v) is 4.40. The van der Waals surface area contributed by atoms with Gasteiger partial charge in [0.1, 0.15) is 0 Å². The third kappa shape index (κ3) is 3.27. The van der Waals surface area contributed by atoms with Gasteiger partial charge < -0.3 is 4.90 Å². The number of amides is 1. The summed E-state index contributed by atoms with van der Waals surface area (Å²) in [5.74, 6) is -0.0197. The van der Waals surface area contributed by atoms with Gasteiger partial charge in [0.25, 0.3) is 5.91 Å². The maximum atomic E-state index is 12.6. The van der Waals surface area contributed by atoms with Crippen LogP contribution in [0.5, 0.6) is 0 Å². The lowest BCUT2D eigenvalue weighted by Gasteiger charge is -2.25. The van der Waals surface area contributed by atoms with Gasteiger partial charge in [-0.2, -0.15) is 0 Å². The van der Waals surface area contributed by atoms with E-state index >= 15 is 0 Å². The maximum Gasteiger partial charge on any atom is 0.255 e. The summed E-state index contributed by atoms with van der Waals surface area (Å²) in [7, 11) is 1.81. The van der Waals surface area contributed by atoms with Crippen LogP contribution in [0.4, 0.5) is 0 Å². The molecule has 0 bridgehead atoms. The largest absolute Gasteiger partial charge is 0.335 e. The molecule has 0 saturated heterocycles. The molecule has 0 aliphatic heterocycles. The van der Waals surface area contributed by atoms with Gasteiger partial charge >= 0.3 is 0 Å². The van der Waals surface area contributed by atoms with Crippen LogP contribution in [0, 0.1) is 0 Å². The van der Waals surface area contributed by atoms with Gasteiger partial charge in [-0.05, 0) is 58.7 Å². The summed E-state index contributed by atoms with van der Waals surface area (Å²) in [5, 5.41) is 0. The van der Waals surface area contributed by atoms with Gasteiger partial charge in [0.15, 0.2) is 0 Å². The number of halogens is 2. The number of rotatable bonds is 3. The SMILES string of the molecule is CC(c1ccncc1)N(C)C(=O)c1ccc(Br)cc1Br. The van der Waals surface area contributed by atoms with Crippen LogP contribution >= 0.6 is 31.9 Å². The minimum atomic E-state index is -0.0197. The fraction of sp³-hybridized carbons (Fsp3) is 0.200. The van der Waals surface area contributed by atoms with Gasteiger partial charge in [0, 0.05) is 28.4 Å². The van der Waals surface area contributed by atoms with Crippen LogP contribution < -0.4 is 0 Å². The van der Waals surface area contributed by atoms with E-state index in [0.717, 1.165) is 14.5 Å². The normalized spacial score (nSPS) is 12.0. The Balaban J connectivity index is 2.24. The van der Waals surface area contributed by atoms with Crippen LogP contribution in [0.2, 0.25) is 0 Å². The summed E-state index contributed by atoms with van der Waals surface area (Å²) in [4.78, 5) is 18.3. The van der Waals surface area contributed by atoms with Gasteiger partial charge in [-0.25, -0.2) is 0 Å². The number of aromatic nitrogens is 1. The van der Waals surface area contributed by atoms with Gasteiger partial charge in [0.05, 0.1) is 11.6 Å². The van der Waals surface area contributed by atoms with Gasteiger partial charge in [-0.1, -0.05) is 15.9 Å². The predicted molar refractivity (Wildman–Crippen MR) is 86.6 cm³/mol. The van der Waals surface area contributed by atoms with E-state index in [4.69, 9.17) is 0 Å². The fourth-order valence-corrected chi connectivity index (χ4v) is 3.11. The van der Waals surface area contributed by atoms with E-state index < -0.39 is 0 Å². The zero-order chi connectivity index (χ0) is 14.7. The standard InChI is InChI=1S/C15H14Br2N2O/c1-10(11-5-7-18-8-6-11)19(2)15(20)13-4-3-12(16)9-14(13)17/h3-10H,1-2H3. The molecule has 0 N–H and O–H groups in total. The summed E-state index contributed by atoms with van der Waals surface area (Å²) < 4.78 is 1.72. The van der Waals surface area contributed by atoms with E-state index in [1.807, 2.05) is 44.3 Å². The van der Waals surface area contributed by atoms with E-state index in [1.54, 1.807) is 17.3 Å². The molecular formula is C15H14Br2N2O. The van der Waals surface area contributed by atoms with Gasteiger partial charge in [-0.3, -0.25) is 9.78 Å². The molecule has 0 aliphatic rings. The van der Waals surface area contributed by atoms with Crippen molar-refractivity contribution < 1.29 is 4.79 Å². The lowest BCUT2D eigenvalue weighted by molar-refractivity contribution is 0.0741. The highest BCUT2D eigenvalue weighted by molar-refractivity contribution is 9.11. The quantitative estimate of drug-likeness (QED) is 0.766. The number of hydrogen-bond acceptors (Lipinski definition) is 2. The van der Waals surface area contributed by atoms with Crippen LogP contribution in [0.15, 0.2) is 51.7 Å². The number of carbonyl (C=O) groups is 1. The molecular weight excluding hydrogens is 384 g/mol. The molecule has 2 rings (SSSR count). The lowest BCUT2D eigenvalue weighted by Crippen LogP contribution is -2.29. The van der Waals surface area contributed by atoms with Crippen molar-refractivity contribution in [2.75, 3.05) is 7.05 Å². The molecule has 1 aromatic carbocycles. The van der Waals surface area contributed by atoms with E-state index in [-0.39, 0.29) is 11.9 Å². The van der Waals surface area contributed by atoms with Gasteiger partial charge in [0.2, 0.25) is 0 Å². The first-order valence-electron chi connectivity index (χ1n) is 6.13. The minimum absolute atomic E-state index is 0.0129. The molecule has 0 radical (unpaired) electrons. The third-order valence-electron chi connectivity index (χ3n) is 3.25. The van der Waals surface area contributed by atoms with Crippen LogP contribution in [-0.4, -0.2) is 22.8 Å². The Bertz CT molecular complexity index is 617. The molecule has 3 nitrogen and oxygen atoms in total. The zero-order valence-corrected chi connectivity index (χ0v) is 14.3. The first-order valence-corrected chi connectivity index (χ1v) is 7.71. The smallest absolute Gasteiger partial charge is 0.255 e. The molecule has 0 fully saturated rings. The number of hydrogen-bond donors (Lipinski definition) is 0.